The van der Waals surface area contributed by atoms with E-state index in [1.165, 1.54) is 25.7 Å². The Kier molecular flexibility index (Phi) is 3.57. The van der Waals surface area contributed by atoms with Crippen molar-refractivity contribution in [2.45, 2.75) is 52.5 Å². The summed E-state index contributed by atoms with van der Waals surface area (Å²) in [5.41, 5.74) is 6.06. The van der Waals surface area contributed by atoms with Crippen LogP contribution in [0.2, 0.25) is 0 Å². The molecule has 0 spiro atoms. The molecule has 72 valence electrons. The lowest BCUT2D eigenvalue weighted by molar-refractivity contribution is 0.194. The highest BCUT2D eigenvalue weighted by molar-refractivity contribution is 4.82. The van der Waals surface area contributed by atoms with Crippen LogP contribution in [-0.4, -0.2) is 6.04 Å². The minimum Gasteiger partial charge on any atom is -0.327 e. The largest absolute Gasteiger partial charge is 0.327 e. The fraction of sp³-hybridized carbons (Fsp3) is 1.00. The Labute approximate surface area is 76.7 Å². The van der Waals surface area contributed by atoms with Gasteiger partial charge in [-0.25, -0.2) is 0 Å². The maximum Gasteiger partial charge on any atom is 0.00672 e. The van der Waals surface area contributed by atoms with Gasteiger partial charge in [0.05, 0.1) is 0 Å². The topological polar surface area (TPSA) is 26.0 Å². The Hall–Kier alpha value is -0.0400. The van der Waals surface area contributed by atoms with E-state index in [4.69, 9.17) is 5.73 Å². The molecule has 1 aliphatic rings. The minimum absolute atomic E-state index is 0.470. The van der Waals surface area contributed by atoms with Crippen LogP contribution >= 0.6 is 0 Å². The molecule has 0 saturated heterocycles. The van der Waals surface area contributed by atoms with E-state index in [1.54, 1.807) is 0 Å². The van der Waals surface area contributed by atoms with Gasteiger partial charge in [0.15, 0.2) is 0 Å². The van der Waals surface area contributed by atoms with Crippen LogP contribution in [0.3, 0.4) is 0 Å². The van der Waals surface area contributed by atoms with Crippen LogP contribution in [0.4, 0.5) is 0 Å². The van der Waals surface area contributed by atoms with Crippen LogP contribution in [0.25, 0.3) is 0 Å². The number of hydrogen-bond acceptors (Lipinski definition) is 1. The highest BCUT2D eigenvalue weighted by Gasteiger charge is 2.27. The molecular formula is C11H23N. The highest BCUT2D eigenvalue weighted by atomic mass is 14.7. The normalized spacial score (nSPS) is 39.5. The summed E-state index contributed by atoms with van der Waals surface area (Å²) in [5.74, 6) is 2.54. The number of nitrogens with two attached hydrogens (primary N) is 1. The molecule has 0 aromatic carbocycles. The Morgan fingerprint density at radius 2 is 2.08 bits per heavy atom. The van der Waals surface area contributed by atoms with Crippen LogP contribution in [0.15, 0.2) is 0 Å². The summed E-state index contributed by atoms with van der Waals surface area (Å²) in [6, 6.07) is 0.470. The first-order chi connectivity index (χ1) is 5.65. The molecule has 1 fully saturated rings. The van der Waals surface area contributed by atoms with Crippen LogP contribution in [0, 0.1) is 17.8 Å². The van der Waals surface area contributed by atoms with Crippen molar-refractivity contribution < 1.29 is 0 Å². The van der Waals surface area contributed by atoms with Gasteiger partial charge in [0, 0.05) is 6.04 Å². The molecule has 1 nitrogen and oxygen atoms in total. The van der Waals surface area contributed by atoms with Gasteiger partial charge in [-0.15, -0.1) is 0 Å². The van der Waals surface area contributed by atoms with Gasteiger partial charge >= 0.3 is 0 Å². The van der Waals surface area contributed by atoms with Crippen molar-refractivity contribution in [3.8, 4) is 0 Å². The lowest BCUT2D eigenvalue weighted by Crippen LogP contribution is -2.36. The van der Waals surface area contributed by atoms with Crippen molar-refractivity contribution >= 4 is 0 Å². The Morgan fingerprint density at radius 1 is 1.42 bits per heavy atom. The molecule has 0 radical (unpaired) electrons. The van der Waals surface area contributed by atoms with E-state index in [1.807, 2.05) is 0 Å². The van der Waals surface area contributed by atoms with Gasteiger partial charge in [0.25, 0.3) is 0 Å². The zero-order valence-electron chi connectivity index (χ0n) is 8.72. The molecule has 12 heavy (non-hydrogen) atoms. The van der Waals surface area contributed by atoms with E-state index >= 15 is 0 Å². The first-order valence-electron chi connectivity index (χ1n) is 5.40. The summed E-state index contributed by atoms with van der Waals surface area (Å²) in [5, 5.41) is 0. The average molecular weight is 169 g/mol. The van der Waals surface area contributed by atoms with Crippen molar-refractivity contribution in [3.05, 3.63) is 0 Å². The first-order valence-corrected chi connectivity index (χ1v) is 5.40. The Morgan fingerprint density at radius 3 is 2.58 bits per heavy atom. The smallest absolute Gasteiger partial charge is 0.00672 e. The zero-order chi connectivity index (χ0) is 9.14. The van der Waals surface area contributed by atoms with Gasteiger partial charge in [0.2, 0.25) is 0 Å². The molecule has 1 saturated carbocycles. The molecule has 1 rings (SSSR count). The third-order valence-corrected chi connectivity index (χ3v) is 3.75. The maximum atomic E-state index is 6.06. The molecule has 0 amide bonds. The van der Waals surface area contributed by atoms with E-state index in [0.29, 0.717) is 6.04 Å². The molecular weight excluding hydrogens is 146 g/mol. The predicted octanol–water partition coefficient (Wildman–Crippen LogP) is 2.80. The Balaban J connectivity index is 2.39. The lowest BCUT2D eigenvalue weighted by atomic mass is 9.74. The number of hydrogen-bond donors (Lipinski definition) is 1. The Bertz CT molecular complexity index is 133. The van der Waals surface area contributed by atoms with E-state index in [9.17, 15) is 0 Å². The second kappa shape index (κ2) is 4.27. The van der Waals surface area contributed by atoms with Gasteiger partial charge in [-0.2, -0.15) is 0 Å². The standard InChI is InChI=1S/C11H23N/c1-4-8(2)10-6-5-9(3)11(12)7-10/h8-11H,4-7,12H2,1-3H3. The predicted molar refractivity (Wildman–Crippen MR) is 53.9 cm³/mol. The minimum atomic E-state index is 0.470. The maximum absolute atomic E-state index is 6.06. The van der Waals surface area contributed by atoms with Crippen LogP contribution < -0.4 is 5.73 Å². The third kappa shape index (κ3) is 2.22. The summed E-state index contributed by atoms with van der Waals surface area (Å²) in [7, 11) is 0. The number of rotatable bonds is 2. The van der Waals surface area contributed by atoms with Crippen molar-refractivity contribution in [1.82, 2.24) is 0 Å². The van der Waals surface area contributed by atoms with Gasteiger partial charge < -0.3 is 5.73 Å². The van der Waals surface area contributed by atoms with Gasteiger partial charge in [-0.05, 0) is 37.0 Å². The fourth-order valence-corrected chi connectivity index (χ4v) is 2.24. The summed E-state index contributed by atoms with van der Waals surface area (Å²) in [6.45, 7) is 6.94. The molecule has 0 heterocycles. The molecule has 1 heteroatoms. The quantitative estimate of drug-likeness (QED) is 0.676. The molecule has 2 N–H and O–H groups in total. The zero-order valence-corrected chi connectivity index (χ0v) is 8.72. The van der Waals surface area contributed by atoms with Gasteiger partial charge in [-0.1, -0.05) is 27.2 Å². The van der Waals surface area contributed by atoms with Gasteiger partial charge in [0.1, 0.15) is 0 Å². The van der Waals surface area contributed by atoms with Crippen LogP contribution in [-0.2, 0) is 0 Å². The van der Waals surface area contributed by atoms with E-state index in [2.05, 4.69) is 20.8 Å². The van der Waals surface area contributed by atoms with Crippen molar-refractivity contribution in [2.24, 2.45) is 23.5 Å². The molecule has 0 aromatic heterocycles. The monoisotopic (exact) mass is 169 g/mol. The SMILES string of the molecule is CCC(C)C1CCC(C)C(N)C1. The molecule has 1 aliphatic carbocycles. The third-order valence-electron chi connectivity index (χ3n) is 3.75. The first kappa shape index (κ1) is 10.0. The summed E-state index contributed by atoms with van der Waals surface area (Å²) >= 11 is 0. The highest BCUT2D eigenvalue weighted by Crippen LogP contribution is 2.33. The molecule has 4 unspecified atom stereocenters. The molecule has 0 bridgehead atoms. The summed E-state index contributed by atoms with van der Waals surface area (Å²) in [4.78, 5) is 0. The van der Waals surface area contributed by atoms with Crippen molar-refractivity contribution in [2.75, 3.05) is 0 Å². The van der Waals surface area contributed by atoms with Crippen LogP contribution in [0.5, 0.6) is 0 Å². The lowest BCUT2D eigenvalue weighted by Gasteiger charge is -2.34. The average Bonchev–Trinajstić information content (AvgIpc) is 2.08. The molecule has 0 aliphatic heterocycles. The molecule has 4 atom stereocenters. The van der Waals surface area contributed by atoms with Gasteiger partial charge in [-0.3, -0.25) is 0 Å². The summed E-state index contributed by atoms with van der Waals surface area (Å²) < 4.78 is 0. The summed E-state index contributed by atoms with van der Waals surface area (Å²) in [6.07, 6.45) is 5.32. The second-order valence-electron chi connectivity index (χ2n) is 4.60. The van der Waals surface area contributed by atoms with E-state index < -0.39 is 0 Å². The fourth-order valence-electron chi connectivity index (χ4n) is 2.24. The van der Waals surface area contributed by atoms with E-state index in [-0.39, 0.29) is 0 Å². The van der Waals surface area contributed by atoms with Crippen LogP contribution in [0.1, 0.15) is 46.5 Å². The molecule has 0 aromatic rings. The van der Waals surface area contributed by atoms with Crippen molar-refractivity contribution in [3.63, 3.8) is 0 Å². The van der Waals surface area contributed by atoms with Crippen molar-refractivity contribution in [1.29, 1.82) is 0 Å². The second-order valence-corrected chi connectivity index (χ2v) is 4.60. The van der Waals surface area contributed by atoms with E-state index in [0.717, 1.165) is 17.8 Å².